The summed E-state index contributed by atoms with van der Waals surface area (Å²) in [5, 5.41) is 34.9. The minimum Gasteiger partial charge on any atom is -0.507 e. The van der Waals surface area contributed by atoms with Gasteiger partial charge in [-0.1, -0.05) is 6.07 Å². The van der Waals surface area contributed by atoms with Gasteiger partial charge in [0.15, 0.2) is 0 Å². The van der Waals surface area contributed by atoms with Crippen molar-refractivity contribution in [3.05, 3.63) is 23.8 Å². The Labute approximate surface area is 69.5 Å². The second kappa shape index (κ2) is 3.26. The van der Waals surface area contributed by atoms with Crippen molar-refractivity contribution in [3.8, 4) is 11.8 Å². The lowest BCUT2D eigenvalue weighted by atomic mass is 9.80. The Kier molecular flexibility index (Phi) is 2.33. The van der Waals surface area contributed by atoms with Crippen molar-refractivity contribution in [2.75, 3.05) is 0 Å². The van der Waals surface area contributed by atoms with Crippen LogP contribution in [0.25, 0.3) is 0 Å². The van der Waals surface area contributed by atoms with Gasteiger partial charge in [-0.3, -0.25) is 0 Å². The minimum atomic E-state index is -1.62. The maximum Gasteiger partial charge on any atom is 0.488 e. The van der Waals surface area contributed by atoms with Crippen LogP contribution < -0.4 is 5.46 Å². The third kappa shape index (κ3) is 1.56. The molecule has 0 heterocycles. The molecule has 0 fully saturated rings. The summed E-state index contributed by atoms with van der Waals surface area (Å²) in [6.07, 6.45) is 0. The Morgan fingerprint density at radius 2 is 2.00 bits per heavy atom. The summed E-state index contributed by atoms with van der Waals surface area (Å²) in [6, 6.07) is 5.58. The third-order valence-electron chi connectivity index (χ3n) is 1.44. The van der Waals surface area contributed by atoms with Crippen LogP contribution in [0.15, 0.2) is 18.2 Å². The van der Waals surface area contributed by atoms with E-state index in [0.29, 0.717) is 0 Å². The normalized spacial score (nSPS) is 9.08. The van der Waals surface area contributed by atoms with Crippen molar-refractivity contribution in [1.29, 1.82) is 5.26 Å². The molecule has 0 aliphatic rings. The van der Waals surface area contributed by atoms with E-state index in [1.807, 2.05) is 0 Å². The Morgan fingerprint density at radius 3 is 2.42 bits per heavy atom. The molecular formula is C7H6BNO3. The molecule has 12 heavy (non-hydrogen) atoms. The van der Waals surface area contributed by atoms with Gasteiger partial charge in [-0.15, -0.1) is 0 Å². The number of benzene rings is 1. The van der Waals surface area contributed by atoms with Gasteiger partial charge >= 0.3 is 7.12 Å². The average molecular weight is 163 g/mol. The van der Waals surface area contributed by atoms with Gasteiger partial charge in [-0.2, -0.15) is 5.26 Å². The van der Waals surface area contributed by atoms with Crippen molar-refractivity contribution in [1.82, 2.24) is 0 Å². The summed E-state index contributed by atoms with van der Waals surface area (Å²) < 4.78 is 0. The zero-order valence-electron chi connectivity index (χ0n) is 6.10. The molecule has 60 valence electrons. The Hall–Kier alpha value is -1.51. The van der Waals surface area contributed by atoms with E-state index in [9.17, 15) is 0 Å². The Bertz CT molecular complexity index is 332. The van der Waals surface area contributed by atoms with Gasteiger partial charge in [-0.05, 0) is 17.6 Å². The zero-order chi connectivity index (χ0) is 9.14. The van der Waals surface area contributed by atoms with Gasteiger partial charge < -0.3 is 15.2 Å². The second-order valence-corrected chi connectivity index (χ2v) is 2.26. The number of nitrogens with zero attached hydrogens (tertiary/aromatic N) is 1. The first-order valence-electron chi connectivity index (χ1n) is 3.24. The molecule has 4 nitrogen and oxygen atoms in total. The fourth-order valence-electron chi connectivity index (χ4n) is 0.804. The summed E-state index contributed by atoms with van der Waals surface area (Å²) in [4.78, 5) is 0. The van der Waals surface area contributed by atoms with Gasteiger partial charge in [0.1, 0.15) is 11.8 Å². The third-order valence-corrected chi connectivity index (χ3v) is 1.44. The highest BCUT2D eigenvalue weighted by Gasteiger charge is 2.12. The van der Waals surface area contributed by atoms with Crippen molar-refractivity contribution < 1.29 is 15.2 Å². The van der Waals surface area contributed by atoms with Crippen LogP contribution in [-0.2, 0) is 0 Å². The molecule has 5 heteroatoms. The van der Waals surface area contributed by atoms with Gasteiger partial charge in [0, 0.05) is 0 Å². The molecule has 3 N–H and O–H groups in total. The number of phenolic OH excluding ortho intramolecular Hbond substituents is 1. The van der Waals surface area contributed by atoms with Gasteiger partial charge in [0.25, 0.3) is 0 Å². The highest BCUT2D eigenvalue weighted by molar-refractivity contribution is 6.58. The number of hydrogen-bond donors (Lipinski definition) is 3. The SMILES string of the molecule is N#Cc1ccc(B(O)O)cc1O. The molecule has 0 saturated heterocycles. The van der Waals surface area contributed by atoms with Crippen LogP contribution in [0.2, 0.25) is 0 Å². The number of aromatic hydroxyl groups is 1. The van der Waals surface area contributed by atoms with Crippen LogP contribution in [0, 0.1) is 11.3 Å². The maximum absolute atomic E-state index is 9.10. The minimum absolute atomic E-state index is 0.111. The summed E-state index contributed by atoms with van der Waals surface area (Å²) in [7, 11) is -1.62. The molecule has 0 spiro atoms. The maximum atomic E-state index is 9.10. The molecule has 0 bridgehead atoms. The van der Waals surface area contributed by atoms with Gasteiger partial charge in [0.2, 0.25) is 0 Å². The van der Waals surface area contributed by atoms with E-state index in [1.165, 1.54) is 12.1 Å². The van der Waals surface area contributed by atoms with E-state index >= 15 is 0 Å². The largest absolute Gasteiger partial charge is 0.507 e. The number of rotatable bonds is 1. The smallest absolute Gasteiger partial charge is 0.488 e. The monoisotopic (exact) mass is 163 g/mol. The summed E-state index contributed by atoms with van der Waals surface area (Å²) in [5.74, 6) is -0.247. The lowest BCUT2D eigenvalue weighted by molar-refractivity contribution is 0.424. The second-order valence-electron chi connectivity index (χ2n) is 2.26. The highest BCUT2D eigenvalue weighted by Crippen LogP contribution is 2.12. The predicted octanol–water partition coefficient (Wildman–Crippen LogP) is -1.06. The summed E-state index contributed by atoms with van der Waals surface area (Å²) in [5.41, 5.74) is 0.269. The van der Waals surface area contributed by atoms with Crippen LogP contribution in [0.3, 0.4) is 0 Å². The van der Waals surface area contributed by atoms with E-state index in [-0.39, 0.29) is 16.8 Å². The van der Waals surface area contributed by atoms with Crippen LogP contribution in [-0.4, -0.2) is 22.3 Å². The summed E-state index contributed by atoms with van der Waals surface area (Å²) in [6.45, 7) is 0. The first kappa shape index (κ1) is 8.59. The van der Waals surface area contributed by atoms with E-state index < -0.39 is 7.12 Å². The Balaban J connectivity index is 3.12. The van der Waals surface area contributed by atoms with Crippen molar-refractivity contribution in [3.63, 3.8) is 0 Å². The molecular weight excluding hydrogens is 157 g/mol. The van der Waals surface area contributed by atoms with Gasteiger partial charge in [0.05, 0.1) is 5.56 Å². The molecule has 1 aromatic carbocycles. The van der Waals surface area contributed by atoms with Crippen LogP contribution >= 0.6 is 0 Å². The van der Waals surface area contributed by atoms with E-state index in [4.69, 9.17) is 20.4 Å². The first-order chi connectivity index (χ1) is 5.65. The molecule has 0 aliphatic heterocycles. The molecule has 0 unspecified atom stereocenters. The Morgan fingerprint density at radius 1 is 1.33 bits per heavy atom. The number of phenols is 1. The van der Waals surface area contributed by atoms with Crippen LogP contribution in [0.4, 0.5) is 0 Å². The molecule has 0 aliphatic carbocycles. The quantitative estimate of drug-likeness (QED) is 0.461. The fourth-order valence-corrected chi connectivity index (χ4v) is 0.804. The van der Waals surface area contributed by atoms with Crippen LogP contribution in [0.5, 0.6) is 5.75 Å². The lowest BCUT2D eigenvalue weighted by Crippen LogP contribution is -2.29. The van der Waals surface area contributed by atoms with Gasteiger partial charge in [-0.25, -0.2) is 0 Å². The molecule has 0 atom stereocenters. The van der Waals surface area contributed by atoms with Crippen molar-refractivity contribution in [2.45, 2.75) is 0 Å². The van der Waals surface area contributed by atoms with E-state index in [0.717, 1.165) is 6.07 Å². The first-order valence-corrected chi connectivity index (χ1v) is 3.24. The number of nitriles is 1. The highest BCUT2D eigenvalue weighted by atomic mass is 16.4. The zero-order valence-corrected chi connectivity index (χ0v) is 6.10. The van der Waals surface area contributed by atoms with Crippen LogP contribution in [0.1, 0.15) is 5.56 Å². The molecule has 1 aromatic rings. The van der Waals surface area contributed by atoms with Crippen molar-refractivity contribution in [2.24, 2.45) is 0 Å². The molecule has 0 aromatic heterocycles. The van der Waals surface area contributed by atoms with E-state index in [2.05, 4.69) is 0 Å². The molecule has 0 amide bonds. The van der Waals surface area contributed by atoms with E-state index in [1.54, 1.807) is 6.07 Å². The lowest BCUT2D eigenvalue weighted by Gasteiger charge is -2.00. The summed E-state index contributed by atoms with van der Waals surface area (Å²) >= 11 is 0. The standard InChI is InChI=1S/C7H6BNO3/c9-4-5-1-2-6(8(11)12)3-7(5)10/h1-3,10-12H. The topological polar surface area (TPSA) is 84.5 Å². The predicted molar refractivity (Wildman–Crippen MR) is 42.6 cm³/mol. The average Bonchev–Trinajstić information content (AvgIpc) is 2.04. The molecule has 1 rings (SSSR count). The molecule has 0 radical (unpaired) electrons. The number of hydrogen-bond acceptors (Lipinski definition) is 4. The fraction of sp³-hybridized carbons (Fsp3) is 0. The molecule has 0 saturated carbocycles. The van der Waals surface area contributed by atoms with Crippen molar-refractivity contribution >= 4 is 12.6 Å².